The quantitative estimate of drug-likeness (QED) is 0.612. The summed E-state index contributed by atoms with van der Waals surface area (Å²) in [6.07, 6.45) is 4.29. The topological polar surface area (TPSA) is 17.1 Å². The van der Waals surface area contributed by atoms with E-state index in [2.05, 4.69) is 41.6 Å². The van der Waals surface area contributed by atoms with Crippen molar-refractivity contribution in [2.24, 2.45) is 0 Å². The summed E-state index contributed by atoms with van der Waals surface area (Å²) in [4.78, 5) is 10.7. The zero-order valence-corrected chi connectivity index (χ0v) is 9.87. The summed E-state index contributed by atoms with van der Waals surface area (Å²) in [7, 11) is 0. The Morgan fingerprint density at radius 1 is 1.46 bits per heavy atom. The van der Waals surface area contributed by atoms with Crippen molar-refractivity contribution in [2.75, 3.05) is 0 Å². The van der Waals surface area contributed by atoms with Crippen LogP contribution in [0.4, 0.5) is 0 Å². The van der Waals surface area contributed by atoms with Crippen LogP contribution in [0.2, 0.25) is 0 Å². The number of halogens is 1. The molecule has 2 heteroatoms. The van der Waals surface area contributed by atoms with Crippen LogP contribution in [-0.2, 0) is 6.42 Å². The molecule has 0 aliphatic rings. The molecule has 13 heavy (non-hydrogen) atoms. The largest absolute Gasteiger partial charge is 0.298 e. The van der Waals surface area contributed by atoms with E-state index >= 15 is 0 Å². The van der Waals surface area contributed by atoms with E-state index in [9.17, 15) is 4.79 Å². The fourth-order valence-electron chi connectivity index (χ4n) is 1.27. The van der Waals surface area contributed by atoms with E-state index in [0.29, 0.717) is 0 Å². The zero-order valence-electron chi connectivity index (χ0n) is 7.72. The number of aldehydes is 1. The minimum Gasteiger partial charge on any atom is -0.298 e. The van der Waals surface area contributed by atoms with Gasteiger partial charge >= 0.3 is 0 Å². The highest BCUT2D eigenvalue weighted by Gasteiger charge is 2.01. The Kier molecular flexibility index (Phi) is 4.42. The van der Waals surface area contributed by atoms with Crippen molar-refractivity contribution in [1.29, 1.82) is 0 Å². The summed E-state index contributed by atoms with van der Waals surface area (Å²) in [6, 6.07) is 6.05. The first-order chi connectivity index (χ1) is 6.27. The number of hydrogen-bond acceptors (Lipinski definition) is 1. The van der Waals surface area contributed by atoms with Crippen LogP contribution in [0.25, 0.3) is 0 Å². The van der Waals surface area contributed by atoms with Gasteiger partial charge in [-0.15, -0.1) is 0 Å². The molecule has 0 atom stereocenters. The molecule has 0 bridgehead atoms. The molecule has 0 aliphatic carbocycles. The number of rotatable bonds is 4. The number of carbonyl (C=O) groups excluding carboxylic acids is 1. The van der Waals surface area contributed by atoms with Gasteiger partial charge in [0, 0.05) is 9.13 Å². The van der Waals surface area contributed by atoms with Gasteiger partial charge < -0.3 is 0 Å². The molecular weight excluding hydrogens is 275 g/mol. The third-order valence-electron chi connectivity index (χ3n) is 2.03. The molecule has 1 aromatic carbocycles. The van der Waals surface area contributed by atoms with Crippen molar-refractivity contribution in [1.82, 2.24) is 0 Å². The highest BCUT2D eigenvalue weighted by molar-refractivity contribution is 14.1. The molecule has 1 aromatic rings. The van der Waals surface area contributed by atoms with Gasteiger partial charge in [-0.05, 0) is 53.1 Å². The third-order valence-corrected chi connectivity index (χ3v) is 2.71. The van der Waals surface area contributed by atoms with Gasteiger partial charge in [-0.25, -0.2) is 0 Å². The predicted octanol–water partition coefficient (Wildman–Crippen LogP) is 3.45. The molecule has 0 radical (unpaired) electrons. The maximum absolute atomic E-state index is 10.7. The number of hydrogen-bond donors (Lipinski definition) is 0. The SMILES string of the molecule is CCCCc1ccc(I)cc1C=O. The van der Waals surface area contributed by atoms with E-state index in [1.54, 1.807) is 0 Å². The average molecular weight is 288 g/mol. The Morgan fingerprint density at radius 3 is 2.85 bits per heavy atom. The average Bonchev–Trinajstić information content (AvgIpc) is 2.16. The van der Waals surface area contributed by atoms with Gasteiger partial charge in [0.15, 0.2) is 0 Å². The maximum Gasteiger partial charge on any atom is 0.150 e. The molecule has 70 valence electrons. The second-order valence-electron chi connectivity index (χ2n) is 3.06. The van der Waals surface area contributed by atoms with Crippen molar-refractivity contribution in [2.45, 2.75) is 26.2 Å². The van der Waals surface area contributed by atoms with Gasteiger partial charge in [-0.2, -0.15) is 0 Å². The van der Waals surface area contributed by atoms with Crippen molar-refractivity contribution in [3.63, 3.8) is 0 Å². The van der Waals surface area contributed by atoms with Crippen LogP contribution < -0.4 is 0 Å². The fraction of sp³-hybridized carbons (Fsp3) is 0.364. The Morgan fingerprint density at radius 2 is 2.23 bits per heavy atom. The first-order valence-corrected chi connectivity index (χ1v) is 5.59. The lowest BCUT2D eigenvalue weighted by molar-refractivity contribution is 0.112. The van der Waals surface area contributed by atoms with Gasteiger partial charge in [0.05, 0.1) is 0 Å². The second-order valence-corrected chi connectivity index (χ2v) is 4.31. The highest BCUT2D eigenvalue weighted by Crippen LogP contribution is 2.14. The predicted molar refractivity (Wildman–Crippen MR) is 63.2 cm³/mol. The lowest BCUT2D eigenvalue weighted by atomic mass is 10.0. The summed E-state index contributed by atoms with van der Waals surface area (Å²) in [5, 5.41) is 0. The highest BCUT2D eigenvalue weighted by atomic mass is 127. The van der Waals surface area contributed by atoms with Crippen LogP contribution in [0.3, 0.4) is 0 Å². The van der Waals surface area contributed by atoms with Gasteiger partial charge in [0.2, 0.25) is 0 Å². The molecule has 0 saturated heterocycles. The Hall–Kier alpha value is -0.380. The van der Waals surface area contributed by atoms with Crippen LogP contribution >= 0.6 is 22.6 Å². The van der Waals surface area contributed by atoms with Crippen LogP contribution in [0.15, 0.2) is 18.2 Å². The molecule has 1 nitrogen and oxygen atoms in total. The molecule has 0 saturated carbocycles. The molecule has 0 unspecified atom stereocenters. The first kappa shape index (κ1) is 10.7. The summed E-state index contributed by atoms with van der Waals surface area (Å²) in [6.45, 7) is 2.16. The smallest absolute Gasteiger partial charge is 0.150 e. The third kappa shape index (κ3) is 3.10. The van der Waals surface area contributed by atoms with E-state index in [0.717, 1.165) is 28.3 Å². The van der Waals surface area contributed by atoms with Gasteiger partial charge in [-0.1, -0.05) is 19.4 Å². The molecule has 0 amide bonds. The number of carbonyl (C=O) groups is 1. The lowest BCUT2D eigenvalue weighted by Crippen LogP contribution is -1.93. The van der Waals surface area contributed by atoms with Crippen molar-refractivity contribution in [3.8, 4) is 0 Å². The zero-order chi connectivity index (χ0) is 9.68. The normalized spacial score (nSPS) is 10.0. The van der Waals surface area contributed by atoms with Crippen molar-refractivity contribution >= 4 is 28.9 Å². The van der Waals surface area contributed by atoms with Crippen LogP contribution in [0, 0.1) is 3.57 Å². The fourth-order valence-corrected chi connectivity index (χ4v) is 1.79. The van der Waals surface area contributed by atoms with Gasteiger partial charge in [-0.3, -0.25) is 4.79 Å². The summed E-state index contributed by atoms with van der Waals surface area (Å²) in [5.41, 5.74) is 2.03. The molecule has 0 N–H and O–H groups in total. The Bertz CT molecular complexity index is 294. The number of aryl methyl sites for hydroxylation is 1. The van der Waals surface area contributed by atoms with E-state index < -0.39 is 0 Å². The molecule has 0 aromatic heterocycles. The number of unbranched alkanes of at least 4 members (excludes halogenated alkanes) is 1. The van der Waals surface area contributed by atoms with Crippen LogP contribution in [0.1, 0.15) is 35.7 Å². The van der Waals surface area contributed by atoms with E-state index in [1.807, 2.05) is 6.07 Å². The minimum atomic E-state index is 0.848. The summed E-state index contributed by atoms with van der Waals surface area (Å²) in [5.74, 6) is 0. The molecule has 0 fully saturated rings. The minimum absolute atomic E-state index is 0.848. The van der Waals surface area contributed by atoms with E-state index in [4.69, 9.17) is 0 Å². The molecule has 0 spiro atoms. The van der Waals surface area contributed by atoms with Crippen molar-refractivity contribution in [3.05, 3.63) is 32.9 Å². The second kappa shape index (κ2) is 5.37. The molecule has 0 heterocycles. The van der Waals surface area contributed by atoms with E-state index in [-0.39, 0.29) is 0 Å². The van der Waals surface area contributed by atoms with Gasteiger partial charge in [0.1, 0.15) is 6.29 Å². The van der Waals surface area contributed by atoms with Crippen LogP contribution in [0.5, 0.6) is 0 Å². The first-order valence-electron chi connectivity index (χ1n) is 4.51. The molecular formula is C11H13IO. The van der Waals surface area contributed by atoms with Crippen LogP contribution in [-0.4, -0.2) is 6.29 Å². The molecule has 1 rings (SSSR count). The summed E-state index contributed by atoms with van der Waals surface area (Å²) >= 11 is 2.22. The Labute approximate surface area is 92.7 Å². The summed E-state index contributed by atoms with van der Waals surface area (Å²) < 4.78 is 1.12. The van der Waals surface area contributed by atoms with Gasteiger partial charge in [0.25, 0.3) is 0 Å². The molecule has 0 aliphatic heterocycles. The monoisotopic (exact) mass is 288 g/mol. The number of benzene rings is 1. The standard InChI is InChI=1S/C11H13IO/c1-2-3-4-9-5-6-11(12)7-10(9)8-13/h5-8H,2-4H2,1H3. The van der Waals surface area contributed by atoms with E-state index in [1.165, 1.54) is 12.0 Å². The maximum atomic E-state index is 10.7. The van der Waals surface area contributed by atoms with Crippen molar-refractivity contribution < 1.29 is 4.79 Å². The Balaban J connectivity index is 2.86. The lowest BCUT2D eigenvalue weighted by Gasteiger charge is -2.03.